The number of carbonyl (C=O) groups is 5. The third-order valence-electron chi connectivity index (χ3n) is 7.96. The molecule has 10 nitrogen and oxygen atoms in total. The van der Waals surface area contributed by atoms with Crippen molar-refractivity contribution in [3.05, 3.63) is 142 Å². The smallest absolute Gasteiger partial charge is 0.359 e. The molecule has 3 heterocycles. The third-order valence-corrected chi connectivity index (χ3v) is 7.96. The zero-order chi connectivity index (χ0) is 37.7. The van der Waals surface area contributed by atoms with Crippen LogP contribution in [-0.2, 0) is 42.9 Å². The highest BCUT2D eigenvalue weighted by molar-refractivity contribution is 6.43. The molecule has 0 fully saturated rings. The number of allylic oxidation sites excluding steroid dienone is 20. The van der Waals surface area contributed by atoms with E-state index < -0.39 is 41.8 Å². The van der Waals surface area contributed by atoms with Gasteiger partial charge in [0.2, 0.25) is 0 Å². The molecule has 0 N–H and O–H groups in total. The highest BCUT2D eigenvalue weighted by atomic mass is 16.9. The van der Waals surface area contributed by atoms with E-state index in [2.05, 4.69) is 0 Å². The number of hydrogen-bond acceptors (Lipinski definition) is 9. The quantitative estimate of drug-likeness (QED) is 0.176. The summed E-state index contributed by atoms with van der Waals surface area (Å²) in [4.78, 5) is 67.7. The van der Waals surface area contributed by atoms with E-state index in [1.54, 1.807) is 76.3 Å². The first-order valence-electron chi connectivity index (χ1n) is 16.4. The molecule has 3 aliphatic heterocycles. The number of methoxy groups -OCH3 is 2. The normalized spacial score (nSPS) is 21.6. The van der Waals surface area contributed by atoms with Crippen molar-refractivity contribution < 1.29 is 42.9 Å². The summed E-state index contributed by atoms with van der Waals surface area (Å²) in [6.45, 7) is 10.5. The van der Waals surface area contributed by atoms with Gasteiger partial charge in [0.15, 0.2) is 11.5 Å². The monoisotopic (exact) mass is 695 g/mol. The molecule has 10 heteroatoms. The number of hydrogen-bond donors (Lipinski definition) is 0. The van der Waals surface area contributed by atoms with E-state index in [1.807, 2.05) is 44.2 Å². The molecule has 0 aromatic rings. The molecule has 0 saturated carbocycles. The maximum Gasteiger partial charge on any atom is 0.359 e. The standard InChI is InChI=1S/C41H45NO9/c1-27-14-10-9-11-15-28(2)24-31(5)35(43)22-18-29(3)25-32(6)36(44)26-41(48-7,49-8)51-40(47)34-16-12-13-23-42(34)39(46)37(45)38-30(4)19-21-33(50-38)20-17-27/h9-22,24-25,32H,23,26H2,1-8H3. The maximum atomic E-state index is 13.6. The van der Waals surface area contributed by atoms with E-state index in [1.165, 1.54) is 32.4 Å². The van der Waals surface area contributed by atoms with Gasteiger partial charge in [-0.1, -0.05) is 96.6 Å². The number of esters is 1. The number of cyclic esters (lactones) is 1. The Labute approximate surface area is 299 Å². The minimum absolute atomic E-state index is 0.104. The van der Waals surface area contributed by atoms with Crippen LogP contribution in [0, 0.1) is 5.92 Å². The van der Waals surface area contributed by atoms with E-state index in [0.29, 0.717) is 22.5 Å². The molecule has 0 spiro atoms. The lowest BCUT2D eigenvalue weighted by Gasteiger charge is -2.32. The summed E-state index contributed by atoms with van der Waals surface area (Å²) in [5, 5.41) is 0. The van der Waals surface area contributed by atoms with Crippen LogP contribution in [0.3, 0.4) is 0 Å². The molecule has 1 amide bonds. The molecule has 51 heavy (non-hydrogen) atoms. The van der Waals surface area contributed by atoms with Crippen LogP contribution < -0.4 is 0 Å². The fourth-order valence-corrected chi connectivity index (χ4v) is 4.94. The lowest BCUT2D eigenvalue weighted by Crippen LogP contribution is -2.46. The summed E-state index contributed by atoms with van der Waals surface area (Å²) in [7, 11) is 2.42. The van der Waals surface area contributed by atoms with Gasteiger partial charge in [0, 0.05) is 26.7 Å². The first-order valence-corrected chi connectivity index (χ1v) is 16.4. The number of rotatable bonds is 2. The Kier molecular flexibility index (Phi) is 14.5. The number of Topliss-reactive ketones (excluding diaryl/α,β-unsaturated/α-hetero) is 2. The van der Waals surface area contributed by atoms with Gasteiger partial charge in [-0.25, -0.2) is 4.79 Å². The number of carbonyl (C=O) groups excluding carboxylic acids is 5. The molecule has 3 aliphatic rings. The molecule has 3 rings (SSSR count). The average molecular weight is 696 g/mol. The molecule has 1 atom stereocenters. The number of ketones is 3. The first kappa shape index (κ1) is 40.0. The third kappa shape index (κ3) is 11.3. The molecular formula is C41H45NO9. The van der Waals surface area contributed by atoms with E-state index >= 15 is 0 Å². The molecule has 0 aromatic heterocycles. The van der Waals surface area contributed by atoms with Crippen LogP contribution in [0.2, 0.25) is 0 Å². The summed E-state index contributed by atoms with van der Waals surface area (Å²) < 4.78 is 22.2. The zero-order valence-corrected chi connectivity index (χ0v) is 30.4. The Morgan fingerprint density at radius 1 is 0.765 bits per heavy atom. The van der Waals surface area contributed by atoms with Gasteiger partial charge in [-0.15, -0.1) is 0 Å². The fourth-order valence-electron chi connectivity index (χ4n) is 4.94. The van der Waals surface area contributed by atoms with Crippen LogP contribution in [0.15, 0.2) is 142 Å². The van der Waals surface area contributed by atoms with Crippen LogP contribution in [-0.4, -0.2) is 60.9 Å². The van der Waals surface area contributed by atoms with Crippen molar-refractivity contribution in [3.63, 3.8) is 0 Å². The van der Waals surface area contributed by atoms with E-state index in [4.69, 9.17) is 18.9 Å². The molecular weight excluding hydrogens is 650 g/mol. The van der Waals surface area contributed by atoms with Gasteiger partial charge in [0.25, 0.3) is 5.78 Å². The van der Waals surface area contributed by atoms with Gasteiger partial charge in [0.05, 0.1) is 0 Å². The Balaban J connectivity index is 2.02. The summed E-state index contributed by atoms with van der Waals surface area (Å²) in [6.07, 6.45) is 26.6. The Morgan fingerprint density at radius 2 is 1.49 bits per heavy atom. The van der Waals surface area contributed by atoms with Crippen LogP contribution in [0.25, 0.3) is 0 Å². The first-order chi connectivity index (χ1) is 24.2. The molecule has 2 bridgehead atoms. The van der Waals surface area contributed by atoms with E-state index in [-0.39, 0.29) is 23.8 Å². The fraction of sp³-hybridized carbons (Fsp3) is 0.293. The highest BCUT2D eigenvalue weighted by Gasteiger charge is 2.42. The minimum atomic E-state index is -2.14. The van der Waals surface area contributed by atoms with Gasteiger partial charge in [-0.2, -0.15) is 0 Å². The number of ether oxygens (including phenoxy) is 4. The summed E-state index contributed by atoms with van der Waals surface area (Å²) in [5.41, 5.74) is 3.13. The molecule has 1 unspecified atom stereocenters. The Hall–Kier alpha value is -5.45. The molecule has 0 radical (unpaired) electrons. The topological polar surface area (TPSA) is 126 Å². The van der Waals surface area contributed by atoms with Gasteiger partial charge >= 0.3 is 17.8 Å². The van der Waals surface area contributed by atoms with Gasteiger partial charge < -0.3 is 18.9 Å². The van der Waals surface area contributed by atoms with Crippen molar-refractivity contribution in [2.24, 2.45) is 5.92 Å². The van der Waals surface area contributed by atoms with Crippen molar-refractivity contribution in [3.8, 4) is 0 Å². The van der Waals surface area contributed by atoms with Gasteiger partial charge in [0.1, 0.15) is 23.7 Å². The average Bonchev–Trinajstić information content (AvgIpc) is 3.11. The van der Waals surface area contributed by atoms with Gasteiger partial charge in [-0.3, -0.25) is 24.1 Å². The van der Waals surface area contributed by atoms with Crippen molar-refractivity contribution in [1.29, 1.82) is 0 Å². The largest absolute Gasteiger partial charge is 0.453 e. The molecule has 0 aliphatic carbocycles. The predicted octanol–water partition coefficient (Wildman–Crippen LogP) is 6.70. The Morgan fingerprint density at radius 3 is 2.20 bits per heavy atom. The second-order valence-corrected chi connectivity index (χ2v) is 12.2. The number of fused-ring (bicyclic) bond motifs is 3. The van der Waals surface area contributed by atoms with Crippen LogP contribution in [0.1, 0.15) is 48.0 Å². The van der Waals surface area contributed by atoms with Crippen LogP contribution in [0.4, 0.5) is 0 Å². The SMILES string of the molecule is COC1(OC)CC(=O)C(C)C=C(C)C=CC(=O)C(C)=CC(C)=CC=CC=CC(C)=CC=C2C=CC(C)=C(O2)C(=O)C(=O)N2CC=CC=C2C(=O)O1. The van der Waals surface area contributed by atoms with Crippen molar-refractivity contribution in [2.75, 3.05) is 20.8 Å². The van der Waals surface area contributed by atoms with E-state index in [9.17, 15) is 24.0 Å². The summed E-state index contributed by atoms with van der Waals surface area (Å²) >= 11 is 0. The van der Waals surface area contributed by atoms with Gasteiger partial charge in [-0.05, 0) is 70.1 Å². The zero-order valence-electron chi connectivity index (χ0n) is 30.4. The van der Waals surface area contributed by atoms with Crippen molar-refractivity contribution >= 4 is 29.2 Å². The summed E-state index contributed by atoms with van der Waals surface area (Å²) in [6, 6.07) is 0. The lowest BCUT2D eigenvalue weighted by molar-refractivity contribution is -0.341. The second-order valence-electron chi connectivity index (χ2n) is 12.2. The molecule has 0 aromatic carbocycles. The predicted molar refractivity (Wildman–Crippen MR) is 194 cm³/mol. The van der Waals surface area contributed by atoms with Crippen LogP contribution in [0.5, 0.6) is 0 Å². The molecule has 268 valence electrons. The highest BCUT2D eigenvalue weighted by Crippen LogP contribution is 2.27. The lowest BCUT2D eigenvalue weighted by atomic mass is 9.99. The van der Waals surface area contributed by atoms with Crippen molar-refractivity contribution in [2.45, 2.75) is 53.9 Å². The maximum absolute atomic E-state index is 13.6. The molecule has 0 saturated heterocycles. The Bertz CT molecular complexity index is 1810. The van der Waals surface area contributed by atoms with E-state index in [0.717, 1.165) is 16.0 Å². The minimum Gasteiger partial charge on any atom is -0.453 e. The van der Waals surface area contributed by atoms with Crippen LogP contribution >= 0.6 is 0 Å². The number of amides is 1. The number of nitrogens with zero attached hydrogens (tertiary/aromatic N) is 1. The van der Waals surface area contributed by atoms with Crippen molar-refractivity contribution in [1.82, 2.24) is 4.90 Å². The second kappa shape index (κ2) is 18.5. The summed E-state index contributed by atoms with van der Waals surface area (Å²) in [5.74, 6) is -6.30.